The van der Waals surface area contributed by atoms with E-state index in [0.29, 0.717) is 0 Å². The van der Waals surface area contributed by atoms with E-state index < -0.39 is 47.4 Å². The summed E-state index contributed by atoms with van der Waals surface area (Å²) >= 11 is 0. The summed E-state index contributed by atoms with van der Waals surface area (Å²) in [6.45, 7) is 3.33. The van der Waals surface area contributed by atoms with Crippen molar-refractivity contribution in [3.8, 4) is 0 Å². The topological polar surface area (TPSA) is 81.3 Å². The second-order valence-corrected chi connectivity index (χ2v) is 8.08. The van der Waals surface area contributed by atoms with Crippen LogP contribution in [0.3, 0.4) is 0 Å². The fourth-order valence-electron chi connectivity index (χ4n) is 3.54. The number of hydrogen-bond acceptors (Lipinski definition) is 4. The molecular weight excluding hydrogens is 480 g/mol. The first kappa shape index (κ1) is 24.2. The molecule has 184 valence electrons. The molecule has 7 nitrogen and oxygen atoms in total. The summed E-state index contributed by atoms with van der Waals surface area (Å²) in [7, 11) is 0. The minimum Gasteiger partial charge on any atom is -0.324 e. The van der Waals surface area contributed by atoms with Crippen LogP contribution in [0.1, 0.15) is 36.8 Å². The number of anilines is 1. The van der Waals surface area contributed by atoms with Gasteiger partial charge in [0.15, 0.2) is 5.69 Å². The van der Waals surface area contributed by atoms with Gasteiger partial charge in [0.2, 0.25) is 11.3 Å². The molecule has 3 heterocycles. The third-order valence-corrected chi connectivity index (χ3v) is 5.15. The number of carbonyl (C=O) groups excluding carboxylic acids is 1. The van der Waals surface area contributed by atoms with Gasteiger partial charge in [0.05, 0.1) is 23.2 Å². The summed E-state index contributed by atoms with van der Waals surface area (Å²) in [5, 5.41) is 6.57. The highest BCUT2D eigenvalue weighted by Crippen LogP contribution is 2.31. The van der Waals surface area contributed by atoms with Crippen molar-refractivity contribution in [2.75, 3.05) is 5.32 Å². The minimum atomic E-state index is -4.63. The zero-order valence-corrected chi connectivity index (χ0v) is 18.2. The van der Waals surface area contributed by atoms with E-state index in [-0.39, 0.29) is 27.9 Å². The third kappa shape index (κ3) is 4.84. The number of hydrogen-bond donors (Lipinski definition) is 1. The zero-order chi connectivity index (χ0) is 25.7. The van der Waals surface area contributed by atoms with Crippen LogP contribution in [0.15, 0.2) is 47.5 Å². The van der Waals surface area contributed by atoms with Gasteiger partial charge in [-0.2, -0.15) is 31.4 Å². The number of aromatic nitrogens is 4. The second kappa shape index (κ2) is 8.40. The van der Waals surface area contributed by atoms with E-state index in [9.17, 15) is 35.9 Å². The average molecular weight is 497 g/mol. The van der Waals surface area contributed by atoms with Crippen molar-refractivity contribution in [1.82, 2.24) is 19.2 Å². The molecule has 0 fully saturated rings. The molecule has 0 aliphatic heterocycles. The van der Waals surface area contributed by atoms with E-state index in [4.69, 9.17) is 0 Å². The summed E-state index contributed by atoms with van der Waals surface area (Å²) in [6, 6.07) is 4.88. The minimum absolute atomic E-state index is 0.0181. The Labute approximate surface area is 193 Å². The van der Waals surface area contributed by atoms with Crippen LogP contribution in [-0.4, -0.2) is 25.1 Å². The molecular formula is C22H17F6N5O2. The fourth-order valence-corrected chi connectivity index (χ4v) is 3.54. The second-order valence-electron chi connectivity index (χ2n) is 8.08. The van der Waals surface area contributed by atoms with Crippen LogP contribution in [0.2, 0.25) is 0 Å². The lowest BCUT2D eigenvalue weighted by atomic mass is 10.1. The van der Waals surface area contributed by atoms with Gasteiger partial charge in [-0.15, -0.1) is 0 Å². The van der Waals surface area contributed by atoms with Gasteiger partial charge in [0.1, 0.15) is 11.3 Å². The highest BCUT2D eigenvalue weighted by molar-refractivity contribution is 5.92. The Hall–Kier alpha value is -3.90. The Kier molecular flexibility index (Phi) is 5.81. The van der Waals surface area contributed by atoms with Crippen molar-refractivity contribution >= 4 is 28.1 Å². The van der Waals surface area contributed by atoms with Crippen molar-refractivity contribution in [2.45, 2.75) is 38.7 Å². The van der Waals surface area contributed by atoms with Gasteiger partial charge < -0.3 is 9.72 Å². The van der Waals surface area contributed by atoms with Crippen LogP contribution < -0.4 is 10.7 Å². The number of halogens is 6. The smallest absolute Gasteiger partial charge is 0.324 e. The Morgan fingerprint density at radius 2 is 1.74 bits per heavy atom. The number of nitrogens with one attached hydrogen (secondary N) is 1. The maximum absolute atomic E-state index is 13.1. The van der Waals surface area contributed by atoms with Gasteiger partial charge in [0, 0.05) is 23.8 Å². The predicted octanol–water partition coefficient (Wildman–Crippen LogP) is 4.84. The molecule has 0 aliphatic carbocycles. The van der Waals surface area contributed by atoms with E-state index in [2.05, 4.69) is 15.4 Å². The fraction of sp³-hybridized carbons (Fsp3) is 0.273. The van der Waals surface area contributed by atoms with E-state index in [1.54, 1.807) is 13.8 Å². The number of amides is 1. The SMILES string of the molecule is CC(C)n1nc(CC(=O)Nc2ccc3nc(C(F)(F)F)cn3c2)c(=O)c2ccc(C(F)(F)F)cc21. The van der Waals surface area contributed by atoms with E-state index >= 15 is 0 Å². The summed E-state index contributed by atoms with van der Waals surface area (Å²) in [5.74, 6) is -0.688. The van der Waals surface area contributed by atoms with E-state index in [0.717, 1.165) is 28.8 Å². The largest absolute Gasteiger partial charge is 0.434 e. The monoisotopic (exact) mass is 497 g/mol. The molecule has 0 unspecified atom stereocenters. The highest BCUT2D eigenvalue weighted by atomic mass is 19.4. The average Bonchev–Trinajstić information content (AvgIpc) is 3.18. The number of pyridine rings is 1. The number of rotatable bonds is 4. The van der Waals surface area contributed by atoms with Crippen LogP contribution in [0, 0.1) is 0 Å². The van der Waals surface area contributed by atoms with Crippen LogP contribution in [0.25, 0.3) is 16.6 Å². The van der Waals surface area contributed by atoms with Gasteiger partial charge in [0.25, 0.3) is 0 Å². The quantitative estimate of drug-likeness (QED) is 0.409. The number of benzene rings is 1. The van der Waals surface area contributed by atoms with Gasteiger partial charge in [-0.1, -0.05) is 0 Å². The highest BCUT2D eigenvalue weighted by Gasteiger charge is 2.34. The van der Waals surface area contributed by atoms with E-state index in [1.165, 1.54) is 23.0 Å². The van der Waals surface area contributed by atoms with Gasteiger partial charge >= 0.3 is 12.4 Å². The third-order valence-electron chi connectivity index (χ3n) is 5.15. The van der Waals surface area contributed by atoms with E-state index in [1.807, 2.05) is 0 Å². The van der Waals surface area contributed by atoms with Crippen LogP contribution in [-0.2, 0) is 23.6 Å². The maximum Gasteiger partial charge on any atom is 0.434 e. The number of imidazole rings is 1. The Morgan fingerprint density at radius 1 is 1.03 bits per heavy atom. The molecule has 13 heteroatoms. The summed E-state index contributed by atoms with van der Waals surface area (Å²) in [5.41, 5.74) is -2.76. The number of alkyl halides is 6. The lowest BCUT2D eigenvalue weighted by Crippen LogP contribution is -2.25. The molecule has 0 spiro atoms. The van der Waals surface area contributed by atoms with Crippen molar-refractivity contribution in [3.63, 3.8) is 0 Å². The molecule has 3 aromatic heterocycles. The first-order valence-electron chi connectivity index (χ1n) is 10.2. The zero-order valence-electron chi connectivity index (χ0n) is 18.2. The van der Waals surface area contributed by atoms with Crippen molar-refractivity contribution in [2.24, 2.45) is 0 Å². The molecule has 1 aromatic carbocycles. The normalized spacial score (nSPS) is 12.6. The summed E-state index contributed by atoms with van der Waals surface area (Å²) < 4.78 is 80.3. The Morgan fingerprint density at radius 3 is 2.37 bits per heavy atom. The van der Waals surface area contributed by atoms with Crippen LogP contribution in [0.4, 0.5) is 32.0 Å². The maximum atomic E-state index is 13.1. The summed E-state index contributed by atoms with van der Waals surface area (Å²) in [4.78, 5) is 28.9. The number of carbonyl (C=O) groups is 1. The molecule has 4 rings (SSSR count). The lowest BCUT2D eigenvalue weighted by molar-refractivity contribution is -0.141. The van der Waals surface area contributed by atoms with Crippen molar-refractivity contribution in [1.29, 1.82) is 0 Å². The first-order chi connectivity index (χ1) is 16.2. The Balaban J connectivity index is 1.64. The van der Waals surface area contributed by atoms with Crippen LogP contribution in [0.5, 0.6) is 0 Å². The molecule has 0 bridgehead atoms. The lowest BCUT2D eigenvalue weighted by Gasteiger charge is -2.17. The standard InChI is InChI=1S/C22H17F6N5O2/c1-11(2)33-16-7-12(21(23,24)25)3-5-14(16)20(35)15(31-33)8-19(34)29-13-4-6-18-30-17(22(26,27)28)10-32(18)9-13/h3-7,9-11H,8H2,1-2H3,(H,29,34). The molecule has 0 atom stereocenters. The molecule has 0 saturated heterocycles. The molecule has 35 heavy (non-hydrogen) atoms. The Bertz CT molecular complexity index is 1500. The molecule has 1 N–H and O–H groups in total. The molecule has 0 aliphatic rings. The first-order valence-corrected chi connectivity index (χ1v) is 10.2. The predicted molar refractivity (Wildman–Crippen MR) is 114 cm³/mol. The molecule has 0 radical (unpaired) electrons. The summed E-state index contributed by atoms with van der Waals surface area (Å²) in [6.07, 6.45) is -7.74. The van der Waals surface area contributed by atoms with Crippen molar-refractivity contribution in [3.05, 3.63) is 69.9 Å². The van der Waals surface area contributed by atoms with Gasteiger partial charge in [-0.25, -0.2) is 4.98 Å². The molecule has 4 aromatic rings. The van der Waals surface area contributed by atoms with Crippen LogP contribution >= 0.6 is 0 Å². The van der Waals surface area contributed by atoms with Gasteiger partial charge in [-0.3, -0.25) is 14.3 Å². The molecule has 1 amide bonds. The number of nitrogens with zero attached hydrogens (tertiary/aromatic N) is 4. The van der Waals surface area contributed by atoms with Gasteiger partial charge in [-0.05, 0) is 44.2 Å². The molecule has 0 saturated carbocycles. The van der Waals surface area contributed by atoms with Crippen molar-refractivity contribution < 1.29 is 31.1 Å². The number of fused-ring (bicyclic) bond motifs is 2.